The van der Waals surface area contributed by atoms with E-state index >= 15 is 0 Å². The first kappa shape index (κ1) is 17.5. The van der Waals surface area contributed by atoms with Gasteiger partial charge in [0.05, 0.1) is 5.57 Å². The highest BCUT2D eigenvalue weighted by atomic mass is 16.1. The summed E-state index contributed by atoms with van der Waals surface area (Å²) in [5, 5.41) is 0. The molecule has 122 valence electrons. The molecule has 0 amide bonds. The number of aldehydes is 1. The summed E-state index contributed by atoms with van der Waals surface area (Å²) < 4.78 is 0. The zero-order chi connectivity index (χ0) is 17.2. The minimum atomic E-state index is -0.122. The molecule has 3 heteroatoms. The van der Waals surface area contributed by atoms with Crippen LogP contribution in [-0.2, 0) is 16.0 Å². The molecule has 0 aliphatic heterocycles. The Morgan fingerprint density at radius 1 is 1.08 bits per heavy atom. The molecule has 3 rings (SSSR count). The van der Waals surface area contributed by atoms with Crippen molar-refractivity contribution in [3.05, 3.63) is 83.7 Å². The van der Waals surface area contributed by atoms with E-state index in [4.69, 9.17) is 0 Å². The van der Waals surface area contributed by atoms with Crippen LogP contribution in [0.4, 0.5) is 0 Å². The first-order valence-electron chi connectivity index (χ1n) is 8.09. The topological polar surface area (TPSA) is 47.0 Å². The molecule has 0 unspecified atom stereocenters. The van der Waals surface area contributed by atoms with Crippen LogP contribution in [0.25, 0.3) is 5.57 Å². The van der Waals surface area contributed by atoms with Gasteiger partial charge in [-0.2, -0.15) is 0 Å². The Bertz CT molecular complexity index is 731. The second kappa shape index (κ2) is 9.36. The number of allylic oxidation sites excluding steroid dienone is 4. The Morgan fingerprint density at radius 2 is 1.79 bits per heavy atom. The number of aromatic nitrogens is 1. The number of benzene rings is 1. The molecule has 0 radical (unpaired) electrons. The summed E-state index contributed by atoms with van der Waals surface area (Å²) in [7, 11) is 0. The molecule has 1 aliphatic carbocycles. The van der Waals surface area contributed by atoms with Gasteiger partial charge in [-0.1, -0.05) is 49.8 Å². The third-order valence-electron chi connectivity index (χ3n) is 3.66. The minimum absolute atomic E-state index is 0.122. The summed E-state index contributed by atoms with van der Waals surface area (Å²) in [5.41, 5.74) is 3.56. The molecule has 0 spiro atoms. The van der Waals surface area contributed by atoms with Crippen LogP contribution in [0.3, 0.4) is 0 Å². The quantitative estimate of drug-likeness (QED) is 0.627. The van der Waals surface area contributed by atoms with E-state index in [2.05, 4.69) is 42.2 Å². The van der Waals surface area contributed by atoms with Crippen molar-refractivity contribution in [3.63, 3.8) is 0 Å². The lowest BCUT2D eigenvalue weighted by Gasteiger charge is -2.08. The fourth-order valence-corrected chi connectivity index (χ4v) is 2.41. The highest BCUT2D eigenvalue weighted by Crippen LogP contribution is 2.21. The number of aryl methyl sites for hydroxylation is 1. The number of nitrogens with zero attached hydrogens (tertiary/aromatic N) is 1. The number of Topliss-reactive ketones (excluding diaryl/α,β-unsaturated/α-hetero) is 1. The second-order valence-electron chi connectivity index (χ2n) is 5.48. The molecule has 0 saturated carbocycles. The minimum Gasteiger partial charge on any atom is -0.298 e. The lowest BCUT2D eigenvalue weighted by Crippen LogP contribution is -2.06. The zero-order valence-corrected chi connectivity index (χ0v) is 13.8. The highest BCUT2D eigenvalue weighted by molar-refractivity contribution is 6.15. The number of hydrogen-bond donors (Lipinski definition) is 0. The van der Waals surface area contributed by atoms with Crippen LogP contribution < -0.4 is 0 Å². The summed E-state index contributed by atoms with van der Waals surface area (Å²) in [4.78, 5) is 25.8. The standard InChI is InChI=1S/C12H9NO2.C9H12/c14-8-11-7-10(1-2-12(11)15)9-3-5-13-6-4-9;1-2-6-9-7-4-3-5-8-9/h1,3-8H,2H2;3-5,7-8H,2,6H2,1H3. The van der Waals surface area contributed by atoms with Crippen molar-refractivity contribution >= 4 is 17.6 Å². The van der Waals surface area contributed by atoms with Crippen LogP contribution >= 0.6 is 0 Å². The van der Waals surface area contributed by atoms with Crippen molar-refractivity contribution in [1.82, 2.24) is 4.98 Å². The Balaban J connectivity index is 0.000000198. The molecule has 0 bridgehead atoms. The van der Waals surface area contributed by atoms with Crippen LogP contribution in [0.5, 0.6) is 0 Å². The van der Waals surface area contributed by atoms with E-state index in [0.717, 1.165) is 11.1 Å². The second-order valence-corrected chi connectivity index (χ2v) is 5.48. The van der Waals surface area contributed by atoms with Gasteiger partial charge in [0.25, 0.3) is 0 Å². The molecule has 0 saturated heterocycles. The third-order valence-corrected chi connectivity index (χ3v) is 3.66. The lowest BCUT2D eigenvalue weighted by molar-refractivity contribution is -0.117. The molecule has 1 aromatic heterocycles. The first-order chi connectivity index (χ1) is 11.7. The van der Waals surface area contributed by atoms with Crippen LogP contribution in [0.15, 0.2) is 72.6 Å². The van der Waals surface area contributed by atoms with Crippen molar-refractivity contribution in [2.45, 2.75) is 26.2 Å². The fourth-order valence-electron chi connectivity index (χ4n) is 2.41. The normalized spacial score (nSPS) is 13.3. The number of carbonyl (C=O) groups is 2. The summed E-state index contributed by atoms with van der Waals surface area (Å²) >= 11 is 0. The van der Waals surface area contributed by atoms with Gasteiger partial charge in [-0.15, -0.1) is 0 Å². The van der Waals surface area contributed by atoms with Gasteiger partial charge < -0.3 is 0 Å². The Morgan fingerprint density at radius 3 is 2.42 bits per heavy atom. The molecule has 24 heavy (non-hydrogen) atoms. The average Bonchev–Trinajstić information content (AvgIpc) is 2.64. The molecule has 0 atom stereocenters. The lowest BCUT2D eigenvalue weighted by atomic mass is 9.95. The van der Waals surface area contributed by atoms with Crippen molar-refractivity contribution in [3.8, 4) is 0 Å². The molecule has 1 heterocycles. The van der Waals surface area contributed by atoms with E-state index in [1.54, 1.807) is 18.5 Å². The maximum Gasteiger partial charge on any atom is 0.169 e. The van der Waals surface area contributed by atoms with E-state index in [1.807, 2.05) is 18.2 Å². The van der Waals surface area contributed by atoms with Crippen molar-refractivity contribution in [1.29, 1.82) is 0 Å². The summed E-state index contributed by atoms with van der Waals surface area (Å²) in [6, 6.07) is 14.3. The maximum absolute atomic E-state index is 11.2. The van der Waals surface area contributed by atoms with Crippen molar-refractivity contribution in [2.24, 2.45) is 0 Å². The van der Waals surface area contributed by atoms with E-state index in [0.29, 0.717) is 12.7 Å². The first-order valence-corrected chi connectivity index (χ1v) is 8.09. The average molecular weight is 319 g/mol. The van der Waals surface area contributed by atoms with E-state index in [-0.39, 0.29) is 11.4 Å². The number of rotatable bonds is 4. The van der Waals surface area contributed by atoms with Gasteiger partial charge in [-0.25, -0.2) is 0 Å². The Kier molecular flexibility index (Phi) is 6.84. The van der Waals surface area contributed by atoms with Crippen LogP contribution in [0, 0.1) is 0 Å². The molecule has 0 fully saturated rings. The monoisotopic (exact) mass is 319 g/mol. The van der Waals surface area contributed by atoms with Gasteiger partial charge in [0.2, 0.25) is 0 Å². The van der Waals surface area contributed by atoms with Gasteiger partial charge in [0.1, 0.15) is 0 Å². The Labute approximate surface area is 142 Å². The molecule has 0 N–H and O–H groups in total. The van der Waals surface area contributed by atoms with E-state index in [1.165, 1.54) is 18.4 Å². The predicted octanol–water partition coefficient (Wildman–Crippen LogP) is 4.20. The van der Waals surface area contributed by atoms with Crippen LogP contribution in [0.1, 0.15) is 30.9 Å². The molecular weight excluding hydrogens is 298 g/mol. The van der Waals surface area contributed by atoms with Gasteiger partial charge in [0, 0.05) is 18.8 Å². The largest absolute Gasteiger partial charge is 0.298 e. The number of carbonyl (C=O) groups excluding carboxylic acids is 2. The van der Waals surface area contributed by atoms with Crippen molar-refractivity contribution < 1.29 is 9.59 Å². The van der Waals surface area contributed by atoms with Gasteiger partial charge in [-0.05, 0) is 41.3 Å². The van der Waals surface area contributed by atoms with Gasteiger partial charge >= 0.3 is 0 Å². The number of ketones is 1. The van der Waals surface area contributed by atoms with E-state index < -0.39 is 0 Å². The van der Waals surface area contributed by atoms with Crippen LogP contribution in [0.2, 0.25) is 0 Å². The molecular formula is C21H21NO2. The smallest absolute Gasteiger partial charge is 0.169 e. The predicted molar refractivity (Wildman–Crippen MR) is 96.4 cm³/mol. The highest BCUT2D eigenvalue weighted by Gasteiger charge is 2.13. The Hall–Kier alpha value is -2.81. The van der Waals surface area contributed by atoms with Crippen LogP contribution in [-0.4, -0.2) is 17.1 Å². The molecule has 1 aliphatic rings. The summed E-state index contributed by atoms with van der Waals surface area (Å²) in [6.45, 7) is 2.20. The van der Waals surface area contributed by atoms with Gasteiger partial charge in [-0.3, -0.25) is 14.6 Å². The maximum atomic E-state index is 11.2. The van der Waals surface area contributed by atoms with Crippen molar-refractivity contribution in [2.75, 3.05) is 0 Å². The molecule has 3 nitrogen and oxygen atoms in total. The zero-order valence-electron chi connectivity index (χ0n) is 13.8. The summed E-state index contributed by atoms with van der Waals surface area (Å²) in [6.07, 6.45) is 10.2. The SMILES string of the molecule is CCCc1ccccc1.O=CC1=CC(c2ccncc2)=CCC1=O. The third kappa shape index (κ3) is 5.13. The van der Waals surface area contributed by atoms with E-state index in [9.17, 15) is 9.59 Å². The fraction of sp³-hybridized carbons (Fsp3) is 0.190. The number of pyridine rings is 1. The molecule has 2 aromatic rings. The number of hydrogen-bond acceptors (Lipinski definition) is 3. The van der Waals surface area contributed by atoms with Gasteiger partial charge in [0.15, 0.2) is 12.1 Å². The molecule has 1 aromatic carbocycles. The summed E-state index contributed by atoms with van der Waals surface area (Å²) in [5.74, 6) is -0.122.